The zero-order valence-corrected chi connectivity index (χ0v) is 20.9. The first-order valence-corrected chi connectivity index (χ1v) is 12.2. The highest BCUT2D eigenvalue weighted by Gasteiger charge is 2.54. The predicted octanol–water partition coefficient (Wildman–Crippen LogP) is 3.86. The zero-order chi connectivity index (χ0) is 26.3. The molecule has 37 heavy (non-hydrogen) atoms. The molecule has 1 saturated heterocycles. The number of carbonyl (C=O) groups excluding carboxylic acids is 4. The van der Waals surface area contributed by atoms with E-state index >= 15 is 0 Å². The Balaban J connectivity index is 1.53. The molecule has 5 amide bonds. The van der Waals surface area contributed by atoms with E-state index in [1.165, 1.54) is 4.90 Å². The molecule has 0 spiro atoms. The highest BCUT2D eigenvalue weighted by molar-refractivity contribution is 6.13. The molecule has 1 fully saturated rings. The van der Waals surface area contributed by atoms with Crippen LogP contribution in [0.3, 0.4) is 0 Å². The lowest BCUT2D eigenvalue weighted by atomic mass is 9.81. The number of hydrogen-bond donors (Lipinski definition) is 2. The highest BCUT2D eigenvalue weighted by Crippen LogP contribution is 2.37. The van der Waals surface area contributed by atoms with Crippen LogP contribution in [-0.4, -0.2) is 41.2 Å². The van der Waals surface area contributed by atoms with Gasteiger partial charge in [0.25, 0.3) is 5.91 Å². The van der Waals surface area contributed by atoms with Gasteiger partial charge in [-0.1, -0.05) is 60.7 Å². The van der Waals surface area contributed by atoms with Gasteiger partial charge in [-0.25, -0.2) is 4.79 Å². The highest BCUT2D eigenvalue weighted by atomic mass is 16.2. The summed E-state index contributed by atoms with van der Waals surface area (Å²) in [6.45, 7) is 5.24. The van der Waals surface area contributed by atoms with Gasteiger partial charge in [0.15, 0.2) is 5.54 Å². The molecule has 2 heterocycles. The van der Waals surface area contributed by atoms with E-state index in [-0.39, 0.29) is 12.3 Å². The van der Waals surface area contributed by atoms with Gasteiger partial charge in [-0.3, -0.25) is 19.3 Å². The summed E-state index contributed by atoms with van der Waals surface area (Å²) in [7, 11) is 0. The molecule has 0 bridgehead atoms. The van der Waals surface area contributed by atoms with Crippen LogP contribution in [0.4, 0.5) is 16.2 Å². The molecule has 0 unspecified atom stereocenters. The number of nitrogens with zero attached hydrogens (tertiary/aromatic N) is 2. The lowest BCUT2D eigenvalue weighted by molar-refractivity contribution is -0.133. The van der Waals surface area contributed by atoms with Gasteiger partial charge < -0.3 is 15.5 Å². The van der Waals surface area contributed by atoms with Crippen molar-refractivity contribution >= 4 is 35.1 Å². The van der Waals surface area contributed by atoms with E-state index in [0.717, 1.165) is 16.0 Å². The smallest absolute Gasteiger partial charge is 0.324 e. The fourth-order valence-corrected chi connectivity index (χ4v) is 5.12. The number of benzene rings is 3. The fraction of sp³-hybridized carbons (Fsp3) is 0.241. The van der Waals surface area contributed by atoms with Crippen LogP contribution in [0.5, 0.6) is 0 Å². The molecule has 8 heteroatoms. The number of rotatable bonds is 4. The van der Waals surface area contributed by atoms with Crippen molar-refractivity contribution in [3.63, 3.8) is 0 Å². The molecule has 5 rings (SSSR count). The third kappa shape index (κ3) is 4.04. The molecular formula is C29H28N4O4. The number of para-hydroxylation sites is 2. The van der Waals surface area contributed by atoms with Gasteiger partial charge in [-0.05, 0) is 55.2 Å². The van der Waals surface area contributed by atoms with Crippen LogP contribution in [0.15, 0.2) is 72.8 Å². The lowest BCUT2D eigenvalue weighted by Gasteiger charge is -2.30. The van der Waals surface area contributed by atoms with Crippen LogP contribution in [0.2, 0.25) is 0 Å². The van der Waals surface area contributed by atoms with Crippen molar-refractivity contribution in [2.75, 3.05) is 16.8 Å². The van der Waals surface area contributed by atoms with Gasteiger partial charge in [-0.2, -0.15) is 0 Å². The number of aryl methyl sites for hydroxylation is 2. The molecular weight excluding hydrogens is 468 g/mol. The summed E-state index contributed by atoms with van der Waals surface area (Å²) < 4.78 is 0. The summed E-state index contributed by atoms with van der Waals surface area (Å²) in [5.74, 6) is -1.18. The third-order valence-electron chi connectivity index (χ3n) is 7.17. The monoisotopic (exact) mass is 496 g/mol. The Bertz CT molecular complexity index is 1420. The number of amides is 5. The number of anilines is 2. The number of imide groups is 1. The Morgan fingerprint density at radius 1 is 0.919 bits per heavy atom. The normalized spacial score (nSPS) is 21.3. The van der Waals surface area contributed by atoms with E-state index in [1.807, 2.05) is 50.2 Å². The Labute approximate surface area is 215 Å². The van der Waals surface area contributed by atoms with Crippen molar-refractivity contribution < 1.29 is 19.2 Å². The quantitative estimate of drug-likeness (QED) is 0.536. The molecule has 0 radical (unpaired) electrons. The number of urea groups is 1. The maximum Gasteiger partial charge on any atom is 0.326 e. The number of fused-ring (bicyclic) bond motifs is 1. The molecule has 2 atom stereocenters. The molecule has 3 aromatic carbocycles. The van der Waals surface area contributed by atoms with Crippen molar-refractivity contribution in [2.24, 2.45) is 0 Å². The minimum absolute atomic E-state index is 0.0944. The number of hydrogen-bond acceptors (Lipinski definition) is 4. The minimum atomic E-state index is -1.46. The van der Waals surface area contributed by atoms with E-state index in [4.69, 9.17) is 0 Å². The van der Waals surface area contributed by atoms with Crippen LogP contribution < -0.4 is 15.5 Å². The maximum absolute atomic E-state index is 14.1. The first-order chi connectivity index (χ1) is 17.7. The van der Waals surface area contributed by atoms with Gasteiger partial charge in [0.1, 0.15) is 6.54 Å². The van der Waals surface area contributed by atoms with Crippen LogP contribution in [0, 0.1) is 13.8 Å². The van der Waals surface area contributed by atoms with E-state index in [9.17, 15) is 19.2 Å². The first kappa shape index (κ1) is 24.2. The SMILES string of the molecule is Cc1ccc([C@@]2(c3ccccc3)NC(=O)N(CC(=O)N3c4ccccc4NC(=O)C[C@@H]3C)C2=O)cc1C. The lowest BCUT2D eigenvalue weighted by Crippen LogP contribution is -2.48. The van der Waals surface area contributed by atoms with E-state index in [2.05, 4.69) is 10.6 Å². The van der Waals surface area contributed by atoms with Crippen LogP contribution >= 0.6 is 0 Å². The number of carbonyl (C=O) groups is 4. The van der Waals surface area contributed by atoms with E-state index in [1.54, 1.807) is 43.3 Å². The van der Waals surface area contributed by atoms with Gasteiger partial charge in [0, 0.05) is 12.5 Å². The second-order valence-corrected chi connectivity index (χ2v) is 9.62. The molecule has 0 aliphatic carbocycles. The summed E-state index contributed by atoms with van der Waals surface area (Å²) in [6.07, 6.45) is 0.0944. The predicted molar refractivity (Wildman–Crippen MR) is 140 cm³/mol. The molecule has 2 N–H and O–H groups in total. The molecule has 2 aliphatic rings. The van der Waals surface area contributed by atoms with Crippen molar-refractivity contribution in [1.82, 2.24) is 10.2 Å². The van der Waals surface area contributed by atoms with E-state index in [0.29, 0.717) is 22.5 Å². The average Bonchev–Trinajstić information content (AvgIpc) is 3.04. The van der Waals surface area contributed by atoms with Crippen molar-refractivity contribution in [3.05, 3.63) is 95.1 Å². The van der Waals surface area contributed by atoms with Crippen molar-refractivity contribution in [1.29, 1.82) is 0 Å². The van der Waals surface area contributed by atoms with Crippen molar-refractivity contribution in [2.45, 2.75) is 38.8 Å². The molecule has 2 aliphatic heterocycles. The van der Waals surface area contributed by atoms with Gasteiger partial charge in [0.05, 0.1) is 11.4 Å². The van der Waals surface area contributed by atoms with Crippen molar-refractivity contribution in [3.8, 4) is 0 Å². The topological polar surface area (TPSA) is 98.8 Å². The molecule has 3 aromatic rings. The summed E-state index contributed by atoms with van der Waals surface area (Å²) in [5, 5.41) is 5.73. The largest absolute Gasteiger partial charge is 0.326 e. The minimum Gasteiger partial charge on any atom is -0.324 e. The molecule has 0 aromatic heterocycles. The Morgan fingerprint density at radius 2 is 1.62 bits per heavy atom. The van der Waals surface area contributed by atoms with Gasteiger partial charge >= 0.3 is 6.03 Å². The summed E-state index contributed by atoms with van der Waals surface area (Å²) in [4.78, 5) is 55.9. The van der Waals surface area contributed by atoms with Crippen LogP contribution in [0.1, 0.15) is 35.6 Å². The zero-order valence-electron chi connectivity index (χ0n) is 20.9. The number of nitrogens with one attached hydrogen (secondary N) is 2. The Morgan fingerprint density at radius 3 is 2.35 bits per heavy atom. The second-order valence-electron chi connectivity index (χ2n) is 9.62. The molecule has 188 valence electrons. The van der Waals surface area contributed by atoms with E-state index < -0.39 is 36.0 Å². The molecule has 8 nitrogen and oxygen atoms in total. The standard InChI is InChI=1S/C29H28N4O4/c1-18-13-14-22(15-19(18)2)29(21-9-5-4-6-10-21)27(36)32(28(37)31-29)17-26(35)33-20(3)16-25(34)30-23-11-7-8-12-24(23)33/h4-15,20H,16-17H2,1-3H3,(H,30,34)(H,31,37)/t20-,29+/m0/s1. The third-order valence-corrected chi connectivity index (χ3v) is 7.17. The van der Waals surface area contributed by atoms with Gasteiger partial charge in [0.2, 0.25) is 11.8 Å². The summed E-state index contributed by atoms with van der Waals surface area (Å²) in [6, 6.07) is 20.6. The Kier molecular flexibility index (Phi) is 6.03. The van der Waals surface area contributed by atoms with Crippen LogP contribution in [-0.2, 0) is 19.9 Å². The second kappa shape index (κ2) is 9.20. The Hall–Kier alpha value is -4.46. The molecule has 0 saturated carbocycles. The maximum atomic E-state index is 14.1. The summed E-state index contributed by atoms with van der Waals surface area (Å²) in [5.41, 5.74) is 2.85. The first-order valence-electron chi connectivity index (χ1n) is 12.2. The van der Waals surface area contributed by atoms with Gasteiger partial charge in [-0.15, -0.1) is 0 Å². The van der Waals surface area contributed by atoms with Crippen LogP contribution in [0.25, 0.3) is 0 Å². The average molecular weight is 497 g/mol. The fourth-order valence-electron chi connectivity index (χ4n) is 5.12. The summed E-state index contributed by atoms with van der Waals surface area (Å²) >= 11 is 0.